The van der Waals surface area contributed by atoms with E-state index in [-0.39, 0.29) is 19.0 Å². The summed E-state index contributed by atoms with van der Waals surface area (Å²) in [6, 6.07) is 8.05. The van der Waals surface area contributed by atoms with E-state index in [2.05, 4.69) is 10.9 Å². The fraction of sp³-hybridized carbons (Fsp3) is 0.471. The second kappa shape index (κ2) is 9.03. The molecule has 136 valence electrons. The molecule has 3 N–H and O–H groups in total. The first-order valence-corrected chi connectivity index (χ1v) is 8.45. The third-order valence-electron chi connectivity index (χ3n) is 4.09. The van der Waals surface area contributed by atoms with Gasteiger partial charge in [0.05, 0.1) is 13.0 Å². The number of amides is 3. The number of nitrogens with one attached hydrogen (secondary N) is 2. The molecule has 1 heterocycles. The van der Waals surface area contributed by atoms with Crippen LogP contribution < -0.4 is 10.9 Å². The second-order valence-electron chi connectivity index (χ2n) is 5.87. The van der Waals surface area contributed by atoms with Crippen LogP contribution in [0.25, 0.3) is 0 Å². The van der Waals surface area contributed by atoms with E-state index >= 15 is 0 Å². The van der Waals surface area contributed by atoms with Crippen molar-refractivity contribution in [2.24, 2.45) is 0 Å². The van der Waals surface area contributed by atoms with E-state index in [0.717, 1.165) is 24.3 Å². The highest BCUT2D eigenvalue weighted by Gasteiger charge is 2.30. The minimum Gasteiger partial charge on any atom is -0.481 e. The summed E-state index contributed by atoms with van der Waals surface area (Å²) in [6.07, 6.45) is 2.35. The molecule has 0 aromatic heterocycles. The molecule has 0 bridgehead atoms. The molecular weight excluding hydrogens is 324 g/mol. The first kappa shape index (κ1) is 18.7. The zero-order chi connectivity index (χ0) is 18.2. The monoisotopic (exact) mass is 348 g/mol. The number of carbonyl (C=O) groups is 3. The van der Waals surface area contributed by atoms with E-state index in [0.29, 0.717) is 12.1 Å². The summed E-state index contributed by atoms with van der Waals surface area (Å²) in [6.45, 7) is 2.55. The lowest BCUT2D eigenvalue weighted by Gasteiger charge is -2.38. The molecule has 1 aliphatic rings. The molecule has 8 nitrogen and oxygen atoms in total. The van der Waals surface area contributed by atoms with Crippen LogP contribution in [0.15, 0.2) is 30.3 Å². The van der Waals surface area contributed by atoms with Gasteiger partial charge in [-0.2, -0.15) is 0 Å². The molecule has 1 aromatic carbocycles. The van der Waals surface area contributed by atoms with Crippen LogP contribution in [-0.2, 0) is 4.79 Å². The van der Waals surface area contributed by atoms with Crippen LogP contribution >= 0.6 is 0 Å². The number of hydrogen-bond donors (Lipinski definition) is 3. The minimum absolute atomic E-state index is 0.0159. The molecule has 1 fully saturated rings. The van der Waals surface area contributed by atoms with Crippen molar-refractivity contribution in [2.45, 2.75) is 38.6 Å². The van der Waals surface area contributed by atoms with E-state index in [1.807, 2.05) is 6.92 Å². The minimum atomic E-state index is -1.04. The lowest BCUT2D eigenvalue weighted by atomic mass is 10.1. The highest BCUT2D eigenvalue weighted by Crippen LogP contribution is 2.15. The largest absolute Gasteiger partial charge is 0.481 e. The van der Waals surface area contributed by atoms with Crippen LogP contribution in [0, 0.1) is 0 Å². The molecule has 1 atom stereocenters. The Balaban J connectivity index is 2.12. The van der Waals surface area contributed by atoms with Crippen molar-refractivity contribution in [3.8, 4) is 0 Å². The first-order chi connectivity index (χ1) is 12.0. The predicted molar refractivity (Wildman–Crippen MR) is 91.4 cm³/mol. The van der Waals surface area contributed by atoms with Crippen molar-refractivity contribution < 1.29 is 19.5 Å². The van der Waals surface area contributed by atoms with Gasteiger partial charge in [-0.3, -0.25) is 20.0 Å². The number of benzene rings is 1. The SMILES string of the molecule is CC[C@@H]1CCCNN1C(=O)N(CCC(=O)O)NC(=O)c1ccccc1. The summed E-state index contributed by atoms with van der Waals surface area (Å²) in [5.74, 6) is -1.49. The van der Waals surface area contributed by atoms with Gasteiger partial charge in [-0.25, -0.2) is 15.2 Å². The zero-order valence-corrected chi connectivity index (χ0v) is 14.3. The van der Waals surface area contributed by atoms with E-state index in [9.17, 15) is 14.4 Å². The van der Waals surface area contributed by atoms with E-state index in [1.54, 1.807) is 30.3 Å². The smallest absolute Gasteiger partial charge is 0.353 e. The van der Waals surface area contributed by atoms with Gasteiger partial charge in [0.2, 0.25) is 0 Å². The maximum atomic E-state index is 12.8. The molecule has 1 aromatic rings. The molecule has 0 aliphatic carbocycles. The fourth-order valence-corrected chi connectivity index (χ4v) is 2.72. The number of hydrazine groups is 2. The van der Waals surface area contributed by atoms with E-state index in [4.69, 9.17) is 5.11 Å². The third-order valence-corrected chi connectivity index (χ3v) is 4.09. The lowest BCUT2D eigenvalue weighted by molar-refractivity contribution is -0.137. The Kier molecular flexibility index (Phi) is 6.76. The summed E-state index contributed by atoms with van der Waals surface area (Å²) >= 11 is 0. The van der Waals surface area contributed by atoms with Crippen molar-refractivity contribution in [1.82, 2.24) is 20.9 Å². The number of carboxylic acids is 1. The molecule has 25 heavy (non-hydrogen) atoms. The normalized spacial score (nSPS) is 17.0. The highest BCUT2D eigenvalue weighted by molar-refractivity contribution is 5.95. The third kappa shape index (κ3) is 5.18. The Morgan fingerprint density at radius 1 is 1.32 bits per heavy atom. The number of urea groups is 1. The quantitative estimate of drug-likeness (QED) is 0.702. The number of nitrogens with zero attached hydrogens (tertiary/aromatic N) is 2. The number of hydrogen-bond acceptors (Lipinski definition) is 4. The molecular formula is C17H24N4O4. The summed E-state index contributed by atoms with van der Waals surface area (Å²) < 4.78 is 0. The standard InChI is InChI=1S/C17H24N4O4/c1-2-14-9-6-11-18-21(14)17(25)20(12-10-15(22)23)19-16(24)13-7-4-3-5-8-13/h3-5,7-8,14,18H,2,6,9-12H2,1H3,(H,19,24)(H,22,23)/t14-/m1/s1. The van der Waals surface area contributed by atoms with Gasteiger partial charge in [0.1, 0.15) is 0 Å². The topological polar surface area (TPSA) is 102 Å². The van der Waals surface area contributed by atoms with E-state index in [1.165, 1.54) is 5.01 Å². The van der Waals surface area contributed by atoms with Gasteiger partial charge in [-0.15, -0.1) is 0 Å². The van der Waals surface area contributed by atoms with Crippen molar-refractivity contribution >= 4 is 17.9 Å². The second-order valence-corrected chi connectivity index (χ2v) is 5.87. The van der Waals surface area contributed by atoms with Gasteiger partial charge in [0.15, 0.2) is 0 Å². The van der Waals surface area contributed by atoms with Crippen LogP contribution in [0.3, 0.4) is 0 Å². The molecule has 0 saturated carbocycles. The zero-order valence-electron chi connectivity index (χ0n) is 14.3. The Bertz CT molecular complexity index is 608. The van der Waals surface area contributed by atoms with Gasteiger partial charge in [0, 0.05) is 18.2 Å². The summed E-state index contributed by atoms with van der Waals surface area (Å²) in [4.78, 5) is 36.1. The number of aliphatic carboxylic acids is 1. The van der Waals surface area contributed by atoms with Crippen molar-refractivity contribution in [3.63, 3.8) is 0 Å². The summed E-state index contributed by atoms with van der Waals surface area (Å²) in [5.41, 5.74) is 5.97. The molecule has 2 rings (SSSR count). The molecule has 0 unspecified atom stereocenters. The molecule has 8 heteroatoms. The summed E-state index contributed by atoms with van der Waals surface area (Å²) in [7, 11) is 0. The van der Waals surface area contributed by atoms with Crippen LogP contribution in [0.5, 0.6) is 0 Å². The molecule has 1 saturated heterocycles. The van der Waals surface area contributed by atoms with Crippen molar-refractivity contribution in [1.29, 1.82) is 0 Å². The van der Waals surface area contributed by atoms with Gasteiger partial charge < -0.3 is 5.11 Å². The number of rotatable bonds is 5. The van der Waals surface area contributed by atoms with Crippen LogP contribution in [0.2, 0.25) is 0 Å². The van der Waals surface area contributed by atoms with Gasteiger partial charge in [0.25, 0.3) is 5.91 Å². The maximum Gasteiger partial charge on any atom is 0.353 e. The summed E-state index contributed by atoms with van der Waals surface area (Å²) in [5, 5.41) is 11.5. The first-order valence-electron chi connectivity index (χ1n) is 8.45. The average Bonchev–Trinajstić information content (AvgIpc) is 2.64. The molecule has 3 amide bonds. The van der Waals surface area contributed by atoms with Gasteiger partial charge in [-0.05, 0) is 31.4 Å². The molecule has 0 spiro atoms. The van der Waals surface area contributed by atoms with Crippen LogP contribution in [0.1, 0.15) is 43.0 Å². The van der Waals surface area contributed by atoms with Crippen molar-refractivity contribution in [3.05, 3.63) is 35.9 Å². The van der Waals surface area contributed by atoms with Gasteiger partial charge >= 0.3 is 12.0 Å². The van der Waals surface area contributed by atoms with Crippen LogP contribution in [-0.4, -0.2) is 52.2 Å². The van der Waals surface area contributed by atoms with Crippen molar-refractivity contribution in [2.75, 3.05) is 13.1 Å². The van der Waals surface area contributed by atoms with Gasteiger partial charge in [-0.1, -0.05) is 25.1 Å². The molecule has 0 radical (unpaired) electrons. The number of carboxylic acid groups (broad SMARTS) is 1. The van der Waals surface area contributed by atoms with E-state index < -0.39 is 17.9 Å². The Morgan fingerprint density at radius 2 is 2.04 bits per heavy atom. The van der Waals surface area contributed by atoms with Crippen LogP contribution in [0.4, 0.5) is 4.79 Å². The molecule has 1 aliphatic heterocycles. The Hall–Kier alpha value is -2.61. The Labute approximate surface area is 146 Å². The maximum absolute atomic E-state index is 12.8. The lowest BCUT2D eigenvalue weighted by Crippen LogP contribution is -2.61. The fourth-order valence-electron chi connectivity index (χ4n) is 2.72. The number of carbonyl (C=O) groups excluding carboxylic acids is 2. The predicted octanol–water partition coefficient (Wildman–Crippen LogP) is 1.61. The highest BCUT2D eigenvalue weighted by atomic mass is 16.4. The average molecular weight is 348 g/mol. The Morgan fingerprint density at radius 3 is 2.68 bits per heavy atom.